The summed E-state index contributed by atoms with van der Waals surface area (Å²) in [7, 11) is 1.56. The van der Waals surface area contributed by atoms with Crippen molar-refractivity contribution in [2.45, 2.75) is 58.4 Å². The van der Waals surface area contributed by atoms with Gasteiger partial charge in [-0.2, -0.15) is 0 Å². The number of aromatic nitrogens is 1. The van der Waals surface area contributed by atoms with Crippen LogP contribution < -0.4 is 9.64 Å². The van der Waals surface area contributed by atoms with Crippen LogP contribution in [0.3, 0.4) is 0 Å². The predicted octanol–water partition coefficient (Wildman–Crippen LogP) is 6.13. The van der Waals surface area contributed by atoms with Gasteiger partial charge in [-0.25, -0.2) is 0 Å². The van der Waals surface area contributed by atoms with Crippen LogP contribution in [-0.4, -0.2) is 35.8 Å². The van der Waals surface area contributed by atoms with Crippen LogP contribution in [0.4, 0.5) is 5.69 Å². The summed E-state index contributed by atoms with van der Waals surface area (Å²) < 4.78 is 10.2. The zero-order valence-electron chi connectivity index (χ0n) is 21.7. The lowest BCUT2D eigenvalue weighted by atomic mass is 9.79. The first-order chi connectivity index (χ1) is 18.0. The second-order valence-corrected chi connectivity index (χ2v) is 9.58. The number of hydrogen-bond acceptors (Lipinski definition) is 6. The molecule has 194 valence electrons. The standard InChI is InChI=1S/C30H34N2O5/c1-4-6-8-21(9-7-5-2)27-26(28(33)22-12-16-24(36-3)17-13-22)29(34)30(35)32(27)23-14-10-20(11-15-23)25-18-19-37-31-25/h10-19,21,26-27H,4-9H2,1-3H3. The van der Waals surface area contributed by atoms with E-state index in [9.17, 15) is 14.4 Å². The number of nitrogens with zero attached hydrogens (tertiary/aromatic N) is 2. The molecule has 1 aliphatic rings. The Morgan fingerprint density at radius 3 is 2.16 bits per heavy atom. The summed E-state index contributed by atoms with van der Waals surface area (Å²) in [4.78, 5) is 42.4. The Morgan fingerprint density at radius 2 is 1.62 bits per heavy atom. The molecule has 0 N–H and O–H groups in total. The Labute approximate surface area is 217 Å². The Hall–Kier alpha value is -3.74. The first-order valence-electron chi connectivity index (χ1n) is 13.1. The molecule has 1 saturated heterocycles. The second kappa shape index (κ2) is 12.0. The summed E-state index contributed by atoms with van der Waals surface area (Å²) in [6, 6.07) is 15.3. The number of benzene rings is 2. The molecule has 0 aliphatic carbocycles. The fourth-order valence-corrected chi connectivity index (χ4v) is 5.25. The Bertz CT molecular complexity index is 1190. The van der Waals surface area contributed by atoms with Gasteiger partial charge in [-0.05, 0) is 55.2 Å². The van der Waals surface area contributed by atoms with Crippen LogP contribution >= 0.6 is 0 Å². The molecule has 0 saturated carbocycles. The van der Waals surface area contributed by atoms with Gasteiger partial charge in [0, 0.05) is 22.9 Å². The van der Waals surface area contributed by atoms with Gasteiger partial charge in [0.2, 0.25) is 5.78 Å². The molecule has 1 aliphatic heterocycles. The van der Waals surface area contributed by atoms with Crippen molar-refractivity contribution in [3.63, 3.8) is 0 Å². The van der Waals surface area contributed by atoms with E-state index in [-0.39, 0.29) is 11.7 Å². The van der Waals surface area contributed by atoms with E-state index in [1.54, 1.807) is 42.3 Å². The van der Waals surface area contributed by atoms with Crippen molar-refractivity contribution in [3.8, 4) is 17.0 Å². The van der Waals surface area contributed by atoms with E-state index in [0.29, 0.717) is 22.7 Å². The molecular weight excluding hydrogens is 468 g/mol. The van der Waals surface area contributed by atoms with Gasteiger partial charge >= 0.3 is 0 Å². The zero-order valence-corrected chi connectivity index (χ0v) is 21.7. The fraction of sp³-hybridized carbons (Fsp3) is 0.400. The average molecular weight is 503 g/mol. The molecule has 0 radical (unpaired) electrons. The topological polar surface area (TPSA) is 89.7 Å². The lowest BCUT2D eigenvalue weighted by Gasteiger charge is -2.34. The molecule has 0 spiro atoms. The molecule has 1 aromatic heterocycles. The number of unbranched alkanes of at least 4 members (excludes halogenated alkanes) is 2. The van der Waals surface area contributed by atoms with Crippen LogP contribution in [-0.2, 0) is 9.59 Å². The Morgan fingerprint density at radius 1 is 0.973 bits per heavy atom. The Balaban J connectivity index is 1.75. The highest BCUT2D eigenvalue weighted by molar-refractivity contribution is 6.49. The number of rotatable bonds is 12. The third-order valence-electron chi connectivity index (χ3n) is 7.23. The molecule has 3 aromatic rings. The normalized spacial score (nSPS) is 17.6. The molecule has 2 heterocycles. The molecule has 37 heavy (non-hydrogen) atoms. The largest absolute Gasteiger partial charge is 0.497 e. The van der Waals surface area contributed by atoms with Crippen LogP contribution in [0.25, 0.3) is 11.3 Å². The van der Waals surface area contributed by atoms with E-state index in [2.05, 4.69) is 19.0 Å². The molecule has 7 nitrogen and oxygen atoms in total. The first-order valence-corrected chi connectivity index (χ1v) is 13.1. The summed E-state index contributed by atoms with van der Waals surface area (Å²) in [6.45, 7) is 4.25. The quantitative estimate of drug-likeness (QED) is 0.168. The number of ketones is 2. The van der Waals surface area contributed by atoms with Gasteiger partial charge in [-0.1, -0.05) is 56.8 Å². The summed E-state index contributed by atoms with van der Waals surface area (Å²) in [6.07, 6.45) is 7.14. The molecule has 2 unspecified atom stereocenters. The van der Waals surface area contributed by atoms with Gasteiger partial charge in [0.05, 0.1) is 13.2 Å². The first kappa shape index (κ1) is 26.3. The lowest BCUT2D eigenvalue weighted by Crippen LogP contribution is -2.43. The van der Waals surface area contributed by atoms with Crippen molar-refractivity contribution < 1.29 is 23.6 Å². The average Bonchev–Trinajstić information content (AvgIpc) is 3.56. The number of methoxy groups -OCH3 is 1. The summed E-state index contributed by atoms with van der Waals surface area (Å²) in [5.41, 5.74) is 2.54. The minimum absolute atomic E-state index is 0.0257. The lowest BCUT2D eigenvalue weighted by molar-refractivity contribution is -0.135. The maximum atomic E-state index is 13.8. The number of carbonyl (C=O) groups is 3. The minimum atomic E-state index is -1.05. The number of carbonyl (C=O) groups excluding carboxylic acids is 3. The van der Waals surface area contributed by atoms with E-state index in [4.69, 9.17) is 9.26 Å². The van der Waals surface area contributed by atoms with Crippen molar-refractivity contribution in [2.75, 3.05) is 12.0 Å². The molecular formula is C30H34N2O5. The fourth-order valence-electron chi connectivity index (χ4n) is 5.25. The van der Waals surface area contributed by atoms with Gasteiger partial charge < -0.3 is 14.2 Å². The van der Waals surface area contributed by atoms with E-state index in [1.165, 1.54) is 6.26 Å². The van der Waals surface area contributed by atoms with Crippen LogP contribution in [0.1, 0.15) is 62.7 Å². The van der Waals surface area contributed by atoms with Crippen LogP contribution in [0.2, 0.25) is 0 Å². The van der Waals surface area contributed by atoms with E-state index >= 15 is 0 Å². The summed E-state index contributed by atoms with van der Waals surface area (Å²) in [5.74, 6) is -1.97. The maximum Gasteiger partial charge on any atom is 0.295 e. The van der Waals surface area contributed by atoms with E-state index < -0.39 is 23.7 Å². The van der Waals surface area contributed by atoms with Crippen molar-refractivity contribution in [2.24, 2.45) is 11.8 Å². The Kier molecular flexibility index (Phi) is 8.54. The molecule has 0 bridgehead atoms. The predicted molar refractivity (Wildman–Crippen MR) is 142 cm³/mol. The smallest absolute Gasteiger partial charge is 0.295 e. The summed E-state index contributed by atoms with van der Waals surface area (Å²) in [5, 5.41) is 3.97. The molecule has 1 fully saturated rings. The van der Waals surface area contributed by atoms with Crippen molar-refractivity contribution >= 4 is 23.2 Å². The van der Waals surface area contributed by atoms with Gasteiger partial charge in [-0.3, -0.25) is 14.4 Å². The van der Waals surface area contributed by atoms with Crippen LogP contribution in [0.15, 0.2) is 65.4 Å². The van der Waals surface area contributed by atoms with E-state index in [0.717, 1.165) is 44.1 Å². The van der Waals surface area contributed by atoms with Gasteiger partial charge in [0.1, 0.15) is 23.6 Å². The zero-order chi connectivity index (χ0) is 26.4. The van der Waals surface area contributed by atoms with Crippen molar-refractivity contribution in [1.82, 2.24) is 5.16 Å². The highest BCUT2D eigenvalue weighted by Crippen LogP contribution is 2.39. The van der Waals surface area contributed by atoms with Crippen LogP contribution in [0, 0.1) is 11.8 Å². The molecule has 2 atom stereocenters. The minimum Gasteiger partial charge on any atom is -0.497 e. The monoisotopic (exact) mass is 502 g/mol. The van der Waals surface area contributed by atoms with Crippen molar-refractivity contribution in [1.29, 1.82) is 0 Å². The summed E-state index contributed by atoms with van der Waals surface area (Å²) >= 11 is 0. The molecule has 7 heteroatoms. The molecule has 1 amide bonds. The SMILES string of the molecule is CCCCC(CCCC)C1C(C(=O)c2ccc(OC)cc2)C(=O)C(=O)N1c1ccc(-c2ccon2)cc1. The van der Waals surface area contributed by atoms with Crippen molar-refractivity contribution in [3.05, 3.63) is 66.4 Å². The highest BCUT2D eigenvalue weighted by Gasteiger charge is 2.53. The maximum absolute atomic E-state index is 13.8. The van der Waals surface area contributed by atoms with Gasteiger partial charge in [0.15, 0.2) is 5.78 Å². The molecule has 4 rings (SSSR count). The second-order valence-electron chi connectivity index (χ2n) is 9.58. The third-order valence-corrected chi connectivity index (χ3v) is 7.23. The number of anilines is 1. The van der Waals surface area contributed by atoms with Gasteiger partial charge in [-0.15, -0.1) is 0 Å². The number of Topliss-reactive ketones (excluding diaryl/α,β-unsaturated/α-hetero) is 2. The van der Waals surface area contributed by atoms with E-state index in [1.807, 2.05) is 24.3 Å². The highest BCUT2D eigenvalue weighted by atomic mass is 16.5. The molecule has 2 aromatic carbocycles. The van der Waals surface area contributed by atoms with Gasteiger partial charge in [0.25, 0.3) is 5.91 Å². The third kappa shape index (κ3) is 5.50. The number of ether oxygens (including phenoxy) is 1. The van der Waals surface area contributed by atoms with Crippen LogP contribution in [0.5, 0.6) is 5.75 Å². The number of hydrogen-bond donors (Lipinski definition) is 0. The number of amides is 1.